The van der Waals surface area contributed by atoms with E-state index < -0.39 is 5.82 Å². The van der Waals surface area contributed by atoms with Crippen molar-refractivity contribution in [3.63, 3.8) is 0 Å². The largest absolute Gasteiger partial charge is 0.455 e. The van der Waals surface area contributed by atoms with Crippen LogP contribution >= 0.6 is 15.9 Å². The molecule has 0 bridgehead atoms. The van der Waals surface area contributed by atoms with Crippen LogP contribution in [0.4, 0.5) is 15.8 Å². The van der Waals surface area contributed by atoms with Gasteiger partial charge in [-0.1, -0.05) is 6.07 Å². The lowest BCUT2D eigenvalue weighted by atomic mass is 10.2. The van der Waals surface area contributed by atoms with Gasteiger partial charge < -0.3 is 15.4 Å². The molecule has 0 fully saturated rings. The molecule has 0 unspecified atom stereocenters. The van der Waals surface area contributed by atoms with Crippen LogP contribution < -0.4 is 15.4 Å². The lowest BCUT2D eigenvalue weighted by Crippen LogP contribution is -2.08. The Balaban J connectivity index is 2.31. The molecule has 100 valence electrons. The number of hydrogen-bond donors (Lipinski definition) is 1. The normalized spacial score (nSPS) is 10.3. The third-order valence-corrected chi connectivity index (χ3v) is 3.22. The molecule has 2 aromatic rings. The average Bonchev–Trinajstić information content (AvgIpc) is 2.36. The van der Waals surface area contributed by atoms with Crippen molar-refractivity contribution in [1.82, 2.24) is 0 Å². The molecule has 3 nitrogen and oxygen atoms in total. The fourth-order valence-electron chi connectivity index (χ4n) is 1.58. The molecule has 5 heteroatoms. The summed E-state index contributed by atoms with van der Waals surface area (Å²) in [6.45, 7) is 0. The van der Waals surface area contributed by atoms with E-state index in [1.54, 1.807) is 6.07 Å². The minimum atomic E-state index is -0.409. The minimum Gasteiger partial charge on any atom is -0.455 e. The summed E-state index contributed by atoms with van der Waals surface area (Å²) >= 11 is 3.08. The molecule has 0 amide bonds. The summed E-state index contributed by atoms with van der Waals surface area (Å²) in [6.07, 6.45) is 0. The molecule has 0 aromatic heterocycles. The van der Waals surface area contributed by atoms with E-state index in [2.05, 4.69) is 15.9 Å². The first-order valence-corrected chi connectivity index (χ1v) is 6.46. The third kappa shape index (κ3) is 3.17. The van der Waals surface area contributed by atoms with E-state index in [4.69, 9.17) is 10.5 Å². The first kappa shape index (κ1) is 13.7. The fourth-order valence-corrected chi connectivity index (χ4v) is 1.95. The van der Waals surface area contributed by atoms with Crippen LogP contribution in [0.15, 0.2) is 40.9 Å². The van der Waals surface area contributed by atoms with E-state index in [1.807, 2.05) is 37.2 Å². The molecule has 0 aliphatic heterocycles. The van der Waals surface area contributed by atoms with Crippen molar-refractivity contribution in [1.29, 1.82) is 0 Å². The van der Waals surface area contributed by atoms with Gasteiger partial charge >= 0.3 is 0 Å². The van der Waals surface area contributed by atoms with Gasteiger partial charge in [0.1, 0.15) is 11.6 Å². The molecule has 0 saturated heterocycles. The zero-order chi connectivity index (χ0) is 14.0. The van der Waals surface area contributed by atoms with E-state index in [1.165, 1.54) is 12.1 Å². The van der Waals surface area contributed by atoms with Crippen LogP contribution in [0.1, 0.15) is 0 Å². The first-order chi connectivity index (χ1) is 8.97. The number of hydrogen-bond acceptors (Lipinski definition) is 3. The predicted octanol–water partition coefficient (Wildman–Crippen LogP) is 4.03. The highest BCUT2D eigenvalue weighted by molar-refractivity contribution is 9.10. The Morgan fingerprint density at radius 2 is 1.95 bits per heavy atom. The van der Waals surface area contributed by atoms with Crippen molar-refractivity contribution >= 4 is 27.3 Å². The monoisotopic (exact) mass is 324 g/mol. The van der Waals surface area contributed by atoms with Gasteiger partial charge in [0.2, 0.25) is 0 Å². The van der Waals surface area contributed by atoms with Crippen LogP contribution in [0.25, 0.3) is 0 Å². The summed E-state index contributed by atoms with van der Waals surface area (Å²) in [4.78, 5) is 1.96. The Kier molecular flexibility index (Phi) is 3.95. The van der Waals surface area contributed by atoms with Crippen LogP contribution in [0.2, 0.25) is 0 Å². The highest BCUT2D eigenvalue weighted by Gasteiger charge is 2.08. The number of rotatable bonds is 3. The topological polar surface area (TPSA) is 38.5 Å². The molecule has 0 saturated carbocycles. The van der Waals surface area contributed by atoms with Gasteiger partial charge in [-0.15, -0.1) is 0 Å². The minimum absolute atomic E-state index is 0.302. The Hall–Kier alpha value is -1.75. The molecular weight excluding hydrogens is 311 g/mol. The standard InChI is InChI=1S/C14H14BrFN2O/c1-18(2)9-4-3-5-10(6-9)19-14-8-12(16)11(15)7-13(14)17/h3-8H,17H2,1-2H3. The highest BCUT2D eigenvalue weighted by Crippen LogP contribution is 2.33. The van der Waals surface area contributed by atoms with Gasteiger partial charge in [0.25, 0.3) is 0 Å². The second-order valence-electron chi connectivity index (χ2n) is 4.30. The number of nitrogen functional groups attached to an aromatic ring is 1. The van der Waals surface area contributed by atoms with E-state index in [-0.39, 0.29) is 0 Å². The molecule has 0 radical (unpaired) electrons. The Labute approximate surface area is 119 Å². The van der Waals surface area contributed by atoms with Gasteiger partial charge in [0.05, 0.1) is 10.2 Å². The number of nitrogens with two attached hydrogens (primary N) is 1. The van der Waals surface area contributed by atoms with Gasteiger partial charge in [0.15, 0.2) is 5.75 Å². The van der Waals surface area contributed by atoms with E-state index >= 15 is 0 Å². The quantitative estimate of drug-likeness (QED) is 0.866. The van der Waals surface area contributed by atoms with Crippen molar-refractivity contribution in [3.8, 4) is 11.5 Å². The summed E-state index contributed by atoms with van der Waals surface area (Å²) < 4.78 is 19.4. The van der Waals surface area contributed by atoms with Crippen molar-refractivity contribution in [2.75, 3.05) is 24.7 Å². The summed E-state index contributed by atoms with van der Waals surface area (Å²) in [6, 6.07) is 10.2. The Bertz CT molecular complexity index is 602. The summed E-state index contributed by atoms with van der Waals surface area (Å²) in [5.41, 5.74) is 7.18. The summed E-state index contributed by atoms with van der Waals surface area (Å²) in [5.74, 6) is 0.504. The zero-order valence-electron chi connectivity index (χ0n) is 10.7. The second kappa shape index (κ2) is 5.48. The van der Waals surface area contributed by atoms with E-state index in [9.17, 15) is 4.39 Å². The number of anilines is 2. The summed E-state index contributed by atoms with van der Waals surface area (Å²) in [5, 5.41) is 0. The van der Waals surface area contributed by atoms with Crippen molar-refractivity contribution < 1.29 is 9.13 Å². The summed E-state index contributed by atoms with van der Waals surface area (Å²) in [7, 11) is 3.87. The molecule has 0 heterocycles. The smallest absolute Gasteiger partial charge is 0.153 e. The molecule has 0 atom stereocenters. The van der Waals surface area contributed by atoms with Gasteiger partial charge in [-0.2, -0.15) is 0 Å². The maximum atomic E-state index is 13.5. The van der Waals surface area contributed by atoms with Gasteiger partial charge in [0, 0.05) is 31.9 Å². The molecule has 0 spiro atoms. The van der Waals surface area contributed by atoms with E-state index in [0.29, 0.717) is 21.7 Å². The second-order valence-corrected chi connectivity index (χ2v) is 5.15. The molecule has 0 aliphatic rings. The van der Waals surface area contributed by atoms with Crippen LogP contribution in [0, 0.1) is 5.82 Å². The van der Waals surface area contributed by atoms with Crippen LogP contribution in [0.3, 0.4) is 0 Å². The van der Waals surface area contributed by atoms with Gasteiger partial charge in [-0.3, -0.25) is 0 Å². The third-order valence-electron chi connectivity index (χ3n) is 2.61. The van der Waals surface area contributed by atoms with Crippen molar-refractivity contribution in [3.05, 3.63) is 46.7 Å². The Morgan fingerprint density at radius 3 is 2.63 bits per heavy atom. The fraction of sp³-hybridized carbons (Fsp3) is 0.143. The predicted molar refractivity (Wildman–Crippen MR) is 79.4 cm³/mol. The number of nitrogens with zero attached hydrogens (tertiary/aromatic N) is 1. The molecule has 2 aromatic carbocycles. The van der Waals surface area contributed by atoms with Crippen molar-refractivity contribution in [2.45, 2.75) is 0 Å². The zero-order valence-corrected chi connectivity index (χ0v) is 12.2. The van der Waals surface area contributed by atoms with E-state index in [0.717, 1.165) is 5.69 Å². The molecular formula is C14H14BrFN2O. The van der Waals surface area contributed by atoms with Gasteiger partial charge in [-0.25, -0.2) is 4.39 Å². The number of halogens is 2. The average molecular weight is 325 g/mol. The molecule has 0 aliphatic carbocycles. The molecule has 2 N–H and O–H groups in total. The van der Waals surface area contributed by atoms with Crippen LogP contribution in [-0.2, 0) is 0 Å². The maximum Gasteiger partial charge on any atom is 0.153 e. The number of benzene rings is 2. The number of ether oxygens (including phenoxy) is 1. The lowest BCUT2D eigenvalue weighted by molar-refractivity contribution is 0.478. The SMILES string of the molecule is CN(C)c1cccc(Oc2cc(F)c(Br)cc2N)c1. The first-order valence-electron chi connectivity index (χ1n) is 5.67. The Morgan fingerprint density at radius 1 is 1.21 bits per heavy atom. The van der Waals surface area contributed by atoms with Crippen LogP contribution in [0.5, 0.6) is 11.5 Å². The van der Waals surface area contributed by atoms with Crippen molar-refractivity contribution in [2.24, 2.45) is 0 Å². The van der Waals surface area contributed by atoms with Gasteiger partial charge in [-0.05, 0) is 34.1 Å². The lowest BCUT2D eigenvalue weighted by Gasteiger charge is -2.14. The van der Waals surface area contributed by atoms with Crippen LogP contribution in [-0.4, -0.2) is 14.1 Å². The highest BCUT2D eigenvalue weighted by atomic mass is 79.9. The maximum absolute atomic E-state index is 13.5. The molecule has 19 heavy (non-hydrogen) atoms. The molecule has 2 rings (SSSR count).